The van der Waals surface area contributed by atoms with Crippen LogP contribution in [0.3, 0.4) is 0 Å². The molecule has 3 aromatic rings. The van der Waals surface area contributed by atoms with Crippen molar-refractivity contribution >= 4 is 16.6 Å². The van der Waals surface area contributed by atoms with E-state index < -0.39 is 0 Å². The molecular weight excluding hydrogens is 222 g/mol. The van der Waals surface area contributed by atoms with E-state index in [2.05, 4.69) is 33.5 Å². The molecule has 0 aliphatic heterocycles. The Kier molecular flexibility index (Phi) is 2.88. The third-order valence-corrected chi connectivity index (χ3v) is 2.87. The van der Waals surface area contributed by atoms with E-state index in [4.69, 9.17) is 0 Å². The van der Waals surface area contributed by atoms with E-state index in [1.807, 2.05) is 30.5 Å². The van der Waals surface area contributed by atoms with E-state index >= 15 is 0 Å². The molecule has 0 saturated carbocycles. The van der Waals surface area contributed by atoms with Crippen molar-refractivity contribution in [1.82, 2.24) is 9.97 Å². The van der Waals surface area contributed by atoms with Crippen molar-refractivity contribution in [2.75, 3.05) is 5.32 Å². The molecule has 0 aliphatic carbocycles. The average molecular weight is 235 g/mol. The van der Waals surface area contributed by atoms with Gasteiger partial charge in [0, 0.05) is 30.5 Å². The number of nitrogens with one attached hydrogen (secondary N) is 1. The number of anilines is 1. The molecule has 0 amide bonds. The molecular formula is C15H13N3. The summed E-state index contributed by atoms with van der Waals surface area (Å²) in [7, 11) is 0. The first kappa shape index (κ1) is 10.7. The number of pyridine rings is 2. The summed E-state index contributed by atoms with van der Waals surface area (Å²) >= 11 is 0. The first-order valence-electron chi connectivity index (χ1n) is 5.90. The summed E-state index contributed by atoms with van der Waals surface area (Å²) in [6, 6.07) is 14.2. The normalized spacial score (nSPS) is 10.4. The third-order valence-electron chi connectivity index (χ3n) is 2.87. The van der Waals surface area contributed by atoms with E-state index in [1.54, 1.807) is 12.4 Å². The van der Waals surface area contributed by atoms with Gasteiger partial charge in [-0.15, -0.1) is 0 Å². The van der Waals surface area contributed by atoms with Gasteiger partial charge >= 0.3 is 0 Å². The summed E-state index contributed by atoms with van der Waals surface area (Å²) in [6.07, 6.45) is 5.43. The lowest BCUT2D eigenvalue weighted by atomic mass is 10.2. The Morgan fingerprint density at radius 1 is 0.889 bits per heavy atom. The largest absolute Gasteiger partial charge is 0.379 e. The van der Waals surface area contributed by atoms with E-state index in [-0.39, 0.29) is 0 Å². The Bertz CT molecular complexity index is 645. The number of benzene rings is 1. The van der Waals surface area contributed by atoms with Crippen LogP contribution in [-0.4, -0.2) is 9.97 Å². The number of nitrogens with zero attached hydrogens (tertiary/aromatic N) is 2. The van der Waals surface area contributed by atoms with E-state index in [1.165, 1.54) is 5.56 Å². The minimum Gasteiger partial charge on any atom is -0.379 e. The number of fused-ring (bicyclic) bond motifs is 1. The summed E-state index contributed by atoms with van der Waals surface area (Å²) in [4.78, 5) is 8.43. The molecule has 0 atom stereocenters. The van der Waals surface area contributed by atoms with Gasteiger partial charge in [0.25, 0.3) is 0 Å². The van der Waals surface area contributed by atoms with Crippen molar-refractivity contribution in [3.63, 3.8) is 0 Å². The second-order valence-corrected chi connectivity index (χ2v) is 4.09. The van der Waals surface area contributed by atoms with Crippen LogP contribution < -0.4 is 5.32 Å². The molecule has 0 radical (unpaired) electrons. The molecule has 18 heavy (non-hydrogen) atoms. The molecule has 0 saturated heterocycles. The molecule has 0 unspecified atom stereocenters. The number of aromatic nitrogens is 2. The first-order chi connectivity index (χ1) is 8.93. The predicted molar refractivity (Wildman–Crippen MR) is 73.3 cm³/mol. The summed E-state index contributed by atoms with van der Waals surface area (Å²) in [6.45, 7) is 0.776. The van der Waals surface area contributed by atoms with Crippen molar-refractivity contribution in [2.24, 2.45) is 0 Å². The maximum Gasteiger partial charge on any atom is 0.0933 e. The van der Waals surface area contributed by atoms with Crippen LogP contribution in [0.1, 0.15) is 5.56 Å². The van der Waals surface area contributed by atoms with Gasteiger partial charge in [0.2, 0.25) is 0 Å². The quantitative estimate of drug-likeness (QED) is 0.757. The Morgan fingerprint density at radius 2 is 1.72 bits per heavy atom. The summed E-state index contributed by atoms with van der Waals surface area (Å²) in [5.41, 5.74) is 3.27. The molecule has 1 aromatic carbocycles. The highest BCUT2D eigenvalue weighted by Crippen LogP contribution is 2.21. The van der Waals surface area contributed by atoms with Gasteiger partial charge in [-0.05, 0) is 29.8 Å². The van der Waals surface area contributed by atoms with E-state index in [9.17, 15) is 0 Å². The molecule has 88 valence electrons. The lowest BCUT2D eigenvalue weighted by Crippen LogP contribution is -2.00. The average Bonchev–Trinajstić information content (AvgIpc) is 2.46. The maximum absolute atomic E-state index is 4.42. The van der Waals surface area contributed by atoms with Crippen LogP contribution in [0, 0.1) is 0 Å². The first-order valence-corrected chi connectivity index (χ1v) is 5.90. The van der Waals surface area contributed by atoms with Crippen LogP contribution in [0.25, 0.3) is 10.9 Å². The van der Waals surface area contributed by atoms with Crippen LogP contribution in [0.2, 0.25) is 0 Å². The molecule has 1 N–H and O–H groups in total. The fraction of sp³-hybridized carbons (Fsp3) is 0.0667. The smallest absolute Gasteiger partial charge is 0.0933 e. The number of hydrogen-bond acceptors (Lipinski definition) is 3. The Hall–Kier alpha value is -2.42. The molecule has 3 heteroatoms. The van der Waals surface area contributed by atoms with E-state index in [0.29, 0.717) is 0 Å². The van der Waals surface area contributed by atoms with Gasteiger partial charge < -0.3 is 5.32 Å². The highest BCUT2D eigenvalue weighted by molar-refractivity contribution is 5.90. The SMILES string of the molecule is c1cnc2c(NCc3ccncc3)cccc2c1. The second-order valence-electron chi connectivity index (χ2n) is 4.09. The van der Waals surface area contributed by atoms with Crippen molar-refractivity contribution in [1.29, 1.82) is 0 Å². The van der Waals surface area contributed by atoms with Crippen molar-refractivity contribution < 1.29 is 0 Å². The molecule has 0 aliphatic rings. The summed E-state index contributed by atoms with van der Waals surface area (Å²) < 4.78 is 0. The fourth-order valence-corrected chi connectivity index (χ4v) is 1.94. The minimum absolute atomic E-state index is 0.776. The predicted octanol–water partition coefficient (Wildman–Crippen LogP) is 3.24. The second kappa shape index (κ2) is 4.84. The lowest BCUT2D eigenvalue weighted by molar-refractivity contribution is 1.13. The fourth-order valence-electron chi connectivity index (χ4n) is 1.94. The van der Waals surface area contributed by atoms with Crippen LogP contribution in [0.5, 0.6) is 0 Å². The van der Waals surface area contributed by atoms with E-state index in [0.717, 1.165) is 23.1 Å². The highest BCUT2D eigenvalue weighted by atomic mass is 14.9. The third kappa shape index (κ3) is 2.15. The monoisotopic (exact) mass is 235 g/mol. The molecule has 0 fully saturated rings. The molecule has 0 spiro atoms. The molecule has 3 nitrogen and oxygen atoms in total. The van der Waals surface area contributed by atoms with Gasteiger partial charge in [-0.3, -0.25) is 9.97 Å². The van der Waals surface area contributed by atoms with Gasteiger partial charge in [0.15, 0.2) is 0 Å². The minimum atomic E-state index is 0.776. The van der Waals surface area contributed by atoms with Crippen molar-refractivity contribution in [2.45, 2.75) is 6.54 Å². The van der Waals surface area contributed by atoms with Gasteiger partial charge in [-0.2, -0.15) is 0 Å². The Morgan fingerprint density at radius 3 is 2.61 bits per heavy atom. The van der Waals surface area contributed by atoms with Crippen LogP contribution in [0.4, 0.5) is 5.69 Å². The topological polar surface area (TPSA) is 37.8 Å². The number of hydrogen-bond donors (Lipinski definition) is 1. The summed E-state index contributed by atoms with van der Waals surface area (Å²) in [5.74, 6) is 0. The molecule has 3 rings (SSSR count). The van der Waals surface area contributed by atoms with Crippen molar-refractivity contribution in [3.8, 4) is 0 Å². The van der Waals surface area contributed by atoms with Gasteiger partial charge in [-0.1, -0.05) is 18.2 Å². The standard InChI is InChI=1S/C15H13N3/c1-3-13-4-2-8-17-15(13)14(5-1)18-11-12-6-9-16-10-7-12/h1-10,18H,11H2. The molecule has 2 heterocycles. The van der Waals surface area contributed by atoms with Crippen LogP contribution >= 0.6 is 0 Å². The zero-order chi connectivity index (χ0) is 12.2. The number of rotatable bonds is 3. The van der Waals surface area contributed by atoms with Crippen LogP contribution in [0.15, 0.2) is 61.1 Å². The van der Waals surface area contributed by atoms with Crippen molar-refractivity contribution in [3.05, 3.63) is 66.6 Å². The van der Waals surface area contributed by atoms with Gasteiger partial charge in [0.05, 0.1) is 11.2 Å². The number of para-hydroxylation sites is 1. The molecule has 0 bridgehead atoms. The maximum atomic E-state index is 4.42. The zero-order valence-electron chi connectivity index (χ0n) is 9.88. The van der Waals surface area contributed by atoms with Gasteiger partial charge in [-0.25, -0.2) is 0 Å². The molecule has 2 aromatic heterocycles. The van der Waals surface area contributed by atoms with Gasteiger partial charge in [0.1, 0.15) is 0 Å². The zero-order valence-corrected chi connectivity index (χ0v) is 9.88. The van der Waals surface area contributed by atoms with Crippen LogP contribution in [-0.2, 0) is 6.54 Å². The summed E-state index contributed by atoms with van der Waals surface area (Å²) in [5, 5.41) is 4.56. The lowest BCUT2D eigenvalue weighted by Gasteiger charge is -2.08. The highest BCUT2D eigenvalue weighted by Gasteiger charge is 2.00. The Labute approximate surface area is 106 Å². The Balaban J connectivity index is 1.87.